The Morgan fingerprint density at radius 1 is 1.05 bits per heavy atom. The zero-order valence-electron chi connectivity index (χ0n) is 12.5. The molecule has 1 aromatic carbocycles. The van der Waals surface area contributed by atoms with Crippen LogP contribution in [0.15, 0.2) is 29.8 Å². The fourth-order valence-electron chi connectivity index (χ4n) is 4.12. The molecule has 3 rings (SSSR count). The number of benzene rings is 1. The Bertz CT molecular complexity index is 492. The van der Waals surface area contributed by atoms with Gasteiger partial charge in [0.05, 0.1) is 18.6 Å². The number of hydrogen-bond donors (Lipinski definition) is 0. The Morgan fingerprint density at radius 3 is 2.35 bits per heavy atom. The lowest BCUT2D eigenvalue weighted by Crippen LogP contribution is -2.38. The first-order chi connectivity index (χ1) is 9.81. The molecule has 20 heavy (non-hydrogen) atoms. The molecule has 1 aromatic rings. The van der Waals surface area contributed by atoms with Gasteiger partial charge in [-0.2, -0.15) is 0 Å². The van der Waals surface area contributed by atoms with Gasteiger partial charge < -0.3 is 9.47 Å². The maximum atomic E-state index is 5.61. The lowest BCUT2D eigenvalue weighted by Gasteiger charge is -2.35. The average molecular weight is 272 g/mol. The van der Waals surface area contributed by atoms with Crippen molar-refractivity contribution in [1.82, 2.24) is 0 Å². The summed E-state index contributed by atoms with van der Waals surface area (Å²) in [6, 6.07) is 8.71. The lowest BCUT2D eigenvalue weighted by atomic mass is 9.73. The Balaban J connectivity index is 2.06. The minimum absolute atomic E-state index is 0.0743. The predicted octanol–water partition coefficient (Wildman–Crippen LogP) is 3.80. The maximum absolute atomic E-state index is 5.61. The number of hydrogen-bond acceptors (Lipinski definition) is 2. The SMILES string of the molecule is COCC1(COC)C(C2CCCC2)=Cc2ccccc21. The highest BCUT2D eigenvalue weighted by molar-refractivity contribution is 5.70. The van der Waals surface area contributed by atoms with E-state index in [9.17, 15) is 0 Å². The van der Waals surface area contributed by atoms with Crippen LogP contribution in [-0.4, -0.2) is 27.4 Å². The van der Waals surface area contributed by atoms with Crippen molar-refractivity contribution < 1.29 is 9.47 Å². The van der Waals surface area contributed by atoms with Gasteiger partial charge in [-0.05, 0) is 29.9 Å². The summed E-state index contributed by atoms with van der Waals surface area (Å²) < 4.78 is 11.2. The van der Waals surface area contributed by atoms with Crippen molar-refractivity contribution in [2.24, 2.45) is 5.92 Å². The minimum atomic E-state index is -0.0743. The van der Waals surface area contributed by atoms with Crippen molar-refractivity contribution in [1.29, 1.82) is 0 Å². The normalized spacial score (nSPS) is 21.0. The van der Waals surface area contributed by atoms with E-state index >= 15 is 0 Å². The molecule has 1 fully saturated rings. The van der Waals surface area contributed by atoms with Gasteiger partial charge in [-0.1, -0.05) is 48.8 Å². The molecule has 0 saturated heterocycles. The van der Waals surface area contributed by atoms with Crippen LogP contribution in [0.5, 0.6) is 0 Å². The number of methoxy groups -OCH3 is 2. The Hall–Kier alpha value is -1.12. The van der Waals surface area contributed by atoms with Gasteiger partial charge in [0.2, 0.25) is 0 Å². The molecular weight excluding hydrogens is 248 g/mol. The largest absolute Gasteiger partial charge is 0.383 e. The van der Waals surface area contributed by atoms with Crippen molar-refractivity contribution in [2.45, 2.75) is 31.1 Å². The van der Waals surface area contributed by atoms with Crippen LogP contribution < -0.4 is 0 Å². The van der Waals surface area contributed by atoms with Crippen molar-refractivity contribution >= 4 is 6.08 Å². The smallest absolute Gasteiger partial charge is 0.0640 e. The van der Waals surface area contributed by atoms with E-state index in [-0.39, 0.29) is 5.41 Å². The summed E-state index contributed by atoms with van der Waals surface area (Å²) in [6.07, 6.45) is 7.75. The van der Waals surface area contributed by atoms with Crippen molar-refractivity contribution in [3.8, 4) is 0 Å². The first-order valence-corrected chi connectivity index (χ1v) is 7.61. The van der Waals surface area contributed by atoms with Crippen LogP contribution in [0.3, 0.4) is 0 Å². The number of rotatable bonds is 5. The van der Waals surface area contributed by atoms with Crippen LogP contribution in [0.4, 0.5) is 0 Å². The van der Waals surface area contributed by atoms with Gasteiger partial charge in [0.25, 0.3) is 0 Å². The van der Waals surface area contributed by atoms with Crippen LogP contribution in [-0.2, 0) is 14.9 Å². The fraction of sp³-hybridized carbons (Fsp3) is 0.556. The minimum Gasteiger partial charge on any atom is -0.383 e. The molecule has 2 nitrogen and oxygen atoms in total. The molecule has 0 N–H and O–H groups in total. The average Bonchev–Trinajstić information content (AvgIpc) is 3.07. The highest BCUT2D eigenvalue weighted by atomic mass is 16.5. The molecule has 1 saturated carbocycles. The van der Waals surface area contributed by atoms with Gasteiger partial charge in [-0.15, -0.1) is 0 Å². The molecule has 0 unspecified atom stereocenters. The summed E-state index contributed by atoms with van der Waals surface area (Å²) in [7, 11) is 3.59. The molecule has 0 aliphatic heterocycles. The topological polar surface area (TPSA) is 18.5 Å². The summed E-state index contributed by atoms with van der Waals surface area (Å²) in [5, 5.41) is 0. The Labute approximate surface area is 121 Å². The van der Waals surface area contributed by atoms with Gasteiger partial charge in [-0.25, -0.2) is 0 Å². The molecule has 0 aromatic heterocycles. The fourth-order valence-corrected chi connectivity index (χ4v) is 4.12. The third-order valence-electron chi connectivity index (χ3n) is 4.92. The molecule has 0 spiro atoms. The van der Waals surface area contributed by atoms with Gasteiger partial charge in [0.15, 0.2) is 0 Å². The van der Waals surface area contributed by atoms with Crippen LogP contribution >= 0.6 is 0 Å². The third-order valence-corrected chi connectivity index (χ3v) is 4.92. The summed E-state index contributed by atoms with van der Waals surface area (Å²) in [5.41, 5.74) is 4.20. The molecule has 2 aliphatic carbocycles. The lowest BCUT2D eigenvalue weighted by molar-refractivity contribution is 0.0743. The molecule has 108 valence electrons. The number of ether oxygens (including phenoxy) is 2. The highest BCUT2D eigenvalue weighted by Crippen LogP contribution is 2.49. The van der Waals surface area contributed by atoms with Gasteiger partial charge in [0.1, 0.15) is 0 Å². The Kier molecular flexibility index (Phi) is 3.95. The third kappa shape index (κ3) is 2.11. The molecule has 0 bridgehead atoms. The van der Waals surface area contributed by atoms with E-state index in [0.29, 0.717) is 19.1 Å². The van der Waals surface area contributed by atoms with E-state index < -0.39 is 0 Å². The summed E-state index contributed by atoms with van der Waals surface area (Å²) >= 11 is 0. The molecule has 0 heterocycles. The van der Waals surface area contributed by atoms with Crippen molar-refractivity contribution in [3.05, 3.63) is 41.0 Å². The van der Waals surface area contributed by atoms with Gasteiger partial charge in [0, 0.05) is 14.2 Å². The van der Waals surface area contributed by atoms with Gasteiger partial charge >= 0.3 is 0 Å². The summed E-state index contributed by atoms with van der Waals surface area (Å²) in [6.45, 7) is 1.42. The second-order valence-electron chi connectivity index (χ2n) is 6.12. The van der Waals surface area contributed by atoms with E-state index in [1.807, 2.05) is 0 Å². The van der Waals surface area contributed by atoms with Crippen molar-refractivity contribution in [2.75, 3.05) is 27.4 Å². The molecule has 0 radical (unpaired) electrons. The van der Waals surface area contributed by atoms with Gasteiger partial charge in [-0.3, -0.25) is 0 Å². The maximum Gasteiger partial charge on any atom is 0.0640 e. The van der Waals surface area contributed by atoms with Crippen LogP contribution in [0.25, 0.3) is 6.08 Å². The molecular formula is C18H24O2. The first-order valence-electron chi connectivity index (χ1n) is 7.61. The highest BCUT2D eigenvalue weighted by Gasteiger charge is 2.44. The zero-order chi connectivity index (χ0) is 14.0. The molecule has 2 heteroatoms. The summed E-state index contributed by atoms with van der Waals surface area (Å²) in [4.78, 5) is 0. The molecule has 2 aliphatic rings. The monoisotopic (exact) mass is 272 g/mol. The van der Waals surface area contributed by atoms with Crippen LogP contribution in [0.2, 0.25) is 0 Å². The standard InChI is InChI=1S/C18H24O2/c1-19-12-18(13-20-2)16-10-6-5-9-15(16)11-17(18)14-7-3-4-8-14/h5-6,9-11,14H,3-4,7-8,12-13H2,1-2H3. The van der Waals surface area contributed by atoms with E-state index in [1.54, 1.807) is 19.8 Å². The number of fused-ring (bicyclic) bond motifs is 1. The predicted molar refractivity (Wildman–Crippen MR) is 81.8 cm³/mol. The van der Waals surface area contributed by atoms with E-state index in [1.165, 1.54) is 36.8 Å². The quantitative estimate of drug-likeness (QED) is 0.811. The van der Waals surface area contributed by atoms with Crippen LogP contribution in [0, 0.1) is 5.92 Å². The second-order valence-corrected chi connectivity index (χ2v) is 6.12. The first kappa shape index (κ1) is 13.8. The van der Waals surface area contributed by atoms with E-state index in [2.05, 4.69) is 30.3 Å². The Morgan fingerprint density at radius 2 is 1.70 bits per heavy atom. The summed E-state index contributed by atoms with van der Waals surface area (Å²) in [5.74, 6) is 0.702. The van der Waals surface area contributed by atoms with Crippen LogP contribution in [0.1, 0.15) is 36.8 Å². The molecule has 0 atom stereocenters. The van der Waals surface area contributed by atoms with E-state index in [4.69, 9.17) is 9.47 Å². The molecule has 0 amide bonds. The van der Waals surface area contributed by atoms with Crippen molar-refractivity contribution in [3.63, 3.8) is 0 Å². The van der Waals surface area contributed by atoms with E-state index in [0.717, 1.165) is 0 Å². The second kappa shape index (κ2) is 5.71. The zero-order valence-corrected chi connectivity index (χ0v) is 12.5.